The van der Waals surface area contributed by atoms with Crippen LogP contribution in [0.4, 0.5) is 0 Å². The monoisotopic (exact) mass is 284 g/mol. The minimum atomic E-state index is -0.189. The molecule has 0 saturated heterocycles. The van der Waals surface area contributed by atoms with Gasteiger partial charge in [-0.2, -0.15) is 0 Å². The summed E-state index contributed by atoms with van der Waals surface area (Å²) in [5, 5.41) is 1.14. The molecular formula is C16H18NO2Si. The van der Waals surface area contributed by atoms with Crippen LogP contribution in [-0.2, 0) is 16.0 Å². The summed E-state index contributed by atoms with van der Waals surface area (Å²) < 4.78 is 4.83. The van der Waals surface area contributed by atoms with Crippen molar-refractivity contribution in [2.24, 2.45) is 5.92 Å². The van der Waals surface area contributed by atoms with Crippen molar-refractivity contribution in [1.29, 1.82) is 0 Å². The molecule has 0 spiro atoms. The number of aromatic amines is 1. The summed E-state index contributed by atoms with van der Waals surface area (Å²) in [6.07, 6.45) is 2.62. The predicted octanol–water partition coefficient (Wildman–Crippen LogP) is 3.12. The standard InChI is InChI=1S/C16H18NO2Si/c1-10(2)13-5-4-6-14-11(8-17-15(13)14)7-12(9-20)16(18)19-3/h4-6,8,12,17H,1,7,9H2,2-3H3/t12-/m1/s1. The van der Waals surface area contributed by atoms with Gasteiger partial charge in [0.2, 0.25) is 0 Å². The van der Waals surface area contributed by atoms with Gasteiger partial charge in [-0.15, -0.1) is 0 Å². The SMILES string of the molecule is C=C(C)c1cccc2c(C[C@H](C[Si])C(=O)OC)c[nH]c12. The number of H-pyrrole nitrogens is 1. The Balaban J connectivity index is 2.39. The van der Waals surface area contributed by atoms with Crippen LogP contribution in [0, 0.1) is 5.92 Å². The fourth-order valence-corrected chi connectivity index (χ4v) is 2.72. The molecule has 3 nitrogen and oxygen atoms in total. The second kappa shape index (κ2) is 6.09. The summed E-state index contributed by atoms with van der Waals surface area (Å²) in [6.45, 7) is 5.99. The predicted molar refractivity (Wildman–Crippen MR) is 82.8 cm³/mol. The first-order valence-corrected chi connectivity index (χ1v) is 7.26. The number of fused-ring (bicyclic) bond motifs is 1. The highest BCUT2D eigenvalue weighted by Crippen LogP contribution is 2.27. The second-order valence-corrected chi connectivity index (χ2v) is 5.36. The van der Waals surface area contributed by atoms with Crippen LogP contribution in [0.2, 0.25) is 6.04 Å². The average Bonchev–Trinajstić information content (AvgIpc) is 2.86. The smallest absolute Gasteiger partial charge is 0.308 e. The van der Waals surface area contributed by atoms with Crippen LogP contribution in [-0.4, -0.2) is 28.3 Å². The summed E-state index contributed by atoms with van der Waals surface area (Å²) in [5.41, 5.74) is 4.33. The third-order valence-corrected chi connectivity index (χ3v) is 4.00. The second-order valence-electron chi connectivity index (χ2n) is 4.95. The van der Waals surface area contributed by atoms with Crippen molar-refractivity contribution in [1.82, 2.24) is 4.98 Å². The molecule has 103 valence electrons. The maximum Gasteiger partial charge on any atom is 0.308 e. The number of allylic oxidation sites excluding steroid dienone is 1. The lowest BCUT2D eigenvalue weighted by Crippen LogP contribution is -2.18. The van der Waals surface area contributed by atoms with Gasteiger partial charge in [0.15, 0.2) is 0 Å². The summed E-state index contributed by atoms with van der Waals surface area (Å²) in [4.78, 5) is 15.0. The quantitative estimate of drug-likeness (QED) is 0.677. The highest BCUT2D eigenvalue weighted by atomic mass is 28.1. The number of aromatic nitrogens is 1. The molecule has 0 saturated carbocycles. The first-order chi connectivity index (χ1) is 9.58. The Morgan fingerprint density at radius 2 is 2.25 bits per heavy atom. The van der Waals surface area contributed by atoms with Crippen molar-refractivity contribution in [3.8, 4) is 0 Å². The molecule has 0 fully saturated rings. The molecule has 1 aromatic heterocycles. The summed E-state index contributed by atoms with van der Waals surface area (Å²) in [7, 11) is 4.85. The van der Waals surface area contributed by atoms with Crippen molar-refractivity contribution < 1.29 is 9.53 Å². The van der Waals surface area contributed by atoms with Gasteiger partial charge in [0.05, 0.1) is 18.5 Å². The molecule has 20 heavy (non-hydrogen) atoms. The van der Waals surface area contributed by atoms with E-state index in [1.807, 2.05) is 25.3 Å². The molecule has 4 heteroatoms. The third kappa shape index (κ3) is 2.70. The zero-order valence-corrected chi connectivity index (χ0v) is 12.8. The van der Waals surface area contributed by atoms with E-state index in [4.69, 9.17) is 4.74 Å². The van der Waals surface area contributed by atoms with Crippen LogP contribution in [0.25, 0.3) is 16.5 Å². The van der Waals surface area contributed by atoms with Crippen LogP contribution in [0.1, 0.15) is 18.1 Å². The number of carbonyl (C=O) groups is 1. The maximum atomic E-state index is 11.7. The third-order valence-electron chi connectivity index (χ3n) is 3.51. The van der Waals surface area contributed by atoms with Gasteiger partial charge in [0.25, 0.3) is 0 Å². The number of rotatable bonds is 5. The zero-order chi connectivity index (χ0) is 14.7. The van der Waals surface area contributed by atoms with Crippen LogP contribution >= 0.6 is 0 Å². The highest BCUT2D eigenvalue weighted by Gasteiger charge is 2.19. The molecule has 0 unspecified atom stereocenters. The number of para-hydroxylation sites is 1. The molecule has 2 rings (SSSR count). The summed E-state index contributed by atoms with van der Waals surface area (Å²) >= 11 is 0. The minimum Gasteiger partial charge on any atom is -0.469 e. The van der Waals surface area contributed by atoms with Crippen molar-refractivity contribution in [2.75, 3.05) is 7.11 Å². The number of esters is 1. The van der Waals surface area contributed by atoms with E-state index in [1.54, 1.807) is 0 Å². The number of ether oxygens (including phenoxy) is 1. The number of hydrogen-bond acceptors (Lipinski definition) is 2. The topological polar surface area (TPSA) is 42.1 Å². The molecule has 1 aromatic carbocycles. The average molecular weight is 284 g/mol. The molecule has 0 bridgehead atoms. The van der Waals surface area contributed by atoms with E-state index >= 15 is 0 Å². The Labute approximate surface area is 122 Å². The van der Waals surface area contributed by atoms with Crippen LogP contribution in [0.3, 0.4) is 0 Å². The van der Waals surface area contributed by atoms with E-state index < -0.39 is 0 Å². The number of carbonyl (C=O) groups excluding carboxylic acids is 1. The Bertz CT molecular complexity index is 645. The van der Waals surface area contributed by atoms with E-state index in [1.165, 1.54) is 7.11 Å². The van der Waals surface area contributed by atoms with E-state index in [0.29, 0.717) is 12.5 Å². The zero-order valence-electron chi connectivity index (χ0n) is 11.8. The minimum absolute atomic E-state index is 0.177. The Morgan fingerprint density at radius 3 is 2.85 bits per heavy atom. The fourth-order valence-electron chi connectivity index (χ4n) is 2.41. The first kappa shape index (κ1) is 14.6. The van der Waals surface area contributed by atoms with Crippen molar-refractivity contribution >= 4 is 32.7 Å². The molecule has 1 heterocycles. The van der Waals surface area contributed by atoms with Crippen LogP contribution in [0.5, 0.6) is 0 Å². The molecule has 1 atom stereocenters. The Kier molecular flexibility index (Phi) is 4.45. The van der Waals surface area contributed by atoms with Gasteiger partial charge in [-0.05, 0) is 24.5 Å². The molecule has 2 aromatic rings. The Hall–Kier alpha value is -1.81. The van der Waals surface area contributed by atoms with Crippen LogP contribution in [0.15, 0.2) is 31.0 Å². The van der Waals surface area contributed by atoms with Gasteiger partial charge < -0.3 is 9.72 Å². The number of benzene rings is 1. The van der Waals surface area contributed by atoms with Gasteiger partial charge in [-0.1, -0.05) is 30.8 Å². The molecule has 0 aliphatic carbocycles. The lowest BCUT2D eigenvalue weighted by molar-refractivity contribution is -0.144. The van der Waals surface area contributed by atoms with Gasteiger partial charge in [0.1, 0.15) is 0 Å². The normalized spacial score (nSPS) is 12.3. The molecule has 0 aliphatic rings. The number of nitrogens with one attached hydrogen (secondary N) is 1. The molecule has 0 aliphatic heterocycles. The van der Waals surface area contributed by atoms with E-state index in [-0.39, 0.29) is 11.9 Å². The fraction of sp³-hybridized carbons (Fsp3) is 0.312. The molecular weight excluding hydrogens is 266 g/mol. The lowest BCUT2D eigenvalue weighted by atomic mass is 9.98. The maximum absolute atomic E-state index is 11.7. The highest BCUT2D eigenvalue weighted by molar-refractivity contribution is 6.10. The van der Waals surface area contributed by atoms with Crippen LogP contribution < -0.4 is 0 Å². The first-order valence-electron chi connectivity index (χ1n) is 6.55. The van der Waals surface area contributed by atoms with E-state index in [9.17, 15) is 4.79 Å². The van der Waals surface area contributed by atoms with E-state index in [0.717, 1.165) is 27.6 Å². The summed E-state index contributed by atoms with van der Waals surface area (Å²) in [5.74, 6) is -0.366. The van der Waals surface area contributed by atoms with Gasteiger partial charge in [-0.25, -0.2) is 0 Å². The Morgan fingerprint density at radius 1 is 1.50 bits per heavy atom. The van der Waals surface area contributed by atoms with Crippen molar-refractivity contribution in [3.05, 3.63) is 42.1 Å². The van der Waals surface area contributed by atoms with E-state index in [2.05, 4.69) is 27.9 Å². The molecule has 0 amide bonds. The van der Waals surface area contributed by atoms with Crippen molar-refractivity contribution in [2.45, 2.75) is 19.4 Å². The molecule has 3 radical (unpaired) electrons. The largest absolute Gasteiger partial charge is 0.469 e. The lowest BCUT2D eigenvalue weighted by Gasteiger charge is -2.11. The van der Waals surface area contributed by atoms with Crippen molar-refractivity contribution in [3.63, 3.8) is 0 Å². The molecule has 1 N–H and O–H groups in total. The van der Waals surface area contributed by atoms with Gasteiger partial charge in [-0.3, -0.25) is 4.79 Å². The number of hydrogen-bond donors (Lipinski definition) is 1. The number of methoxy groups -OCH3 is 1. The van der Waals surface area contributed by atoms with Gasteiger partial charge >= 0.3 is 5.97 Å². The summed E-state index contributed by atoms with van der Waals surface area (Å²) in [6, 6.07) is 6.71. The van der Waals surface area contributed by atoms with Gasteiger partial charge in [0, 0.05) is 27.4 Å².